The van der Waals surface area contributed by atoms with Crippen molar-refractivity contribution in [3.63, 3.8) is 0 Å². The number of halogens is 3. The Balaban J connectivity index is 1.40. The van der Waals surface area contributed by atoms with E-state index in [1.165, 1.54) is 12.1 Å². The van der Waals surface area contributed by atoms with Crippen LogP contribution in [0.3, 0.4) is 0 Å². The van der Waals surface area contributed by atoms with E-state index in [1.54, 1.807) is 18.2 Å². The summed E-state index contributed by atoms with van der Waals surface area (Å²) in [6.45, 7) is 3.66. The monoisotopic (exact) mass is 375 g/mol. The first-order valence-corrected chi connectivity index (χ1v) is 8.84. The van der Waals surface area contributed by atoms with Crippen LogP contribution < -0.4 is 4.90 Å². The third-order valence-corrected chi connectivity index (χ3v) is 4.96. The standard InChI is InChI=1S/C20H20F3N3O/c21-20(22,23)15-2-1-3-17(12-15)26-8-6-25(7-9-26)13-16-10-14-11-18(27)4-5-19(14)24-16/h1-5,10-12,24,27H,6-9,13H2. The maximum Gasteiger partial charge on any atom is 0.416 e. The molecule has 2 aromatic carbocycles. The minimum Gasteiger partial charge on any atom is -0.508 e. The topological polar surface area (TPSA) is 42.5 Å². The number of nitrogens with one attached hydrogen (secondary N) is 1. The Morgan fingerprint density at radius 3 is 2.48 bits per heavy atom. The van der Waals surface area contributed by atoms with Crippen LogP contribution in [0.1, 0.15) is 11.3 Å². The molecule has 142 valence electrons. The largest absolute Gasteiger partial charge is 0.508 e. The van der Waals surface area contributed by atoms with Crippen molar-refractivity contribution in [3.05, 3.63) is 59.8 Å². The molecule has 1 aliphatic heterocycles. The van der Waals surface area contributed by atoms with Gasteiger partial charge in [0.05, 0.1) is 5.56 Å². The van der Waals surface area contributed by atoms with Gasteiger partial charge in [0.1, 0.15) is 5.75 Å². The van der Waals surface area contributed by atoms with Crippen molar-refractivity contribution in [2.45, 2.75) is 12.7 Å². The predicted molar refractivity (Wildman–Crippen MR) is 98.9 cm³/mol. The highest BCUT2D eigenvalue weighted by Gasteiger charge is 2.31. The summed E-state index contributed by atoms with van der Waals surface area (Å²) in [4.78, 5) is 7.61. The molecule has 1 aliphatic rings. The molecule has 3 aromatic rings. The van der Waals surface area contributed by atoms with E-state index in [9.17, 15) is 18.3 Å². The Bertz CT molecular complexity index is 943. The first-order chi connectivity index (χ1) is 12.9. The van der Waals surface area contributed by atoms with E-state index in [1.807, 2.05) is 17.0 Å². The molecule has 0 bridgehead atoms. The summed E-state index contributed by atoms with van der Waals surface area (Å²) in [6.07, 6.45) is -4.32. The zero-order chi connectivity index (χ0) is 19.0. The average molecular weight is 375 g/mol. The minimum atomic E-state index is -4.32. The van der Waals surface area contributed by atoms with Gasteiger partial charge in [0.15, 0.2) is 0 Å². The number of H-pyrrole nitrogens is 1. The molecular weight excluding hydrogens is 355 g/mol. The Labute approximate surface area is 154 Å². The van der Waals surface area contributed by atoms with Crippen molar-refractivity contribution in [2.24, 2.45) is 0 Å². The van der Waals surface area contributed by atoms with Crippen LogP contribution in [-0.4, -0.2) is 41.2 Å². The smallest absolute Gasteiger partial charge is 0.416 e. The molecule has 0 atom stereocenters. The molecule has 0 radical (unpaired) electrons. The van der Waals surface area contributed by atoms with Crippen LogP contribution in [0.5, 0.6) is 5.75 Å². The normalized spacial score (nSPS) is 16.2. The van der Waals surface area contributed by atoms with Gasteiger partial charge >= 0.3 is 6.18 Å². The summed E-state index contributed by atoms with van der Waals surface area (Å²) < 4.78 is 38.7. The molecule has 0 unspecified atom stereocenters. The van der Waals surface area contributed by atoms with E-state index in [0.717, 1.165) is 42.3 Å². The van der Waals surface area contributed by atoms with Crippen LogP contribution in [0.25, 0.3) is 10.9 Å². The SMILES string of the molecule is Oc1ccc2[nH]c(CN3CCN(c4cccc(C(F)(F)F)c4)CC3)cc2c1. The molecule has 1 fully saturated rings. The van der Waals surface area contributed by atoms with Crippen LogP contribution in [0, 0.1) is 0 Å². The molecule has 27 heavy (non-hydrogen) atoms. The van der Waals surface area contributed by atoms with Gasteiger partial charge in [0.25, 0.3) is 0 Å². The second kappa shape index (κ2) is 6.81. The molecule has 0 spiro atoms. The van der Waals surface area contributed by atoms with Gasteiger partial charge in [-0.2, -0.15) is 13.2 Å². The lowest BCUT2D eigenvalue weighted by atomic mass is 10.1. The number of benzene rings is 2. The van der Waals surface area contributed by atoms with Crippen molar-refractivity contribution in [2.75, 3.05) is 31.1 Å². The number of piperazine rings is 1. The fourth-order valence-corrected chi connectivity index (χ4v) is 3.55. The van der Waals surface area contributed by atoms with Gasteiger partial charge in [-0.25, -0.2) is 0 Å². The number of phenolic OH excluding ortho intramolecular Hbond substituents is 1. The zero-order valence-corrected chi connectivity index (χ0v) is 14.6. The molecule has 2 heterocycles. The average Bonchev–Trinajstić information content (AvgIpc) is 3.03. The molecule has 2 N–H and O–H groups in total. The quantitative estimate of drug-likeness (QED) is 0.721. The number of aromatic hydroxyl groups is 1. The highest BCUT2D eigenvalue weighted by molar-refractivity contribution is 5.81. The Morgan fingerprint density at radius 1 is 0.963 bits per heavy atom. The van der Waals surface area contributed by atoms with Gasteiger partial charge in [0, 0.05) is 55.0 Å². The van der Waals surface area contributed by atoms with Crippen LogP contribution in [0.4, 0.5) is 18.9 Å². The van der Waals surface area contributed by atoms with Crippen LogP contribution in [0.15, 0.2) is 48.5 Å². The molecule has 1 saturated heterocycles. The van der Waals surface area contributed by atoms with Crippen molar-refractivity contribution in [3.8, 4) is 5.75 Å². The van der Waals surface area contributed by atoms with E-state index in [0.29, 0.717) is 18.8 Å². The lowest BCUT2D eigenvalue weighted by Crippen LogP contribution is -2.46. The Kier molecular flexibility index (Phi) is 4.47. The number of rotatable bonds is 3. The van der Waals surface area contributed by atoms with E-state index >= 15 is 0 Å². The van der Waals surface area contributed by atoms with Gasteiger partial charge in [0.2, 0.25) is 0 Å². The maximum atomic E-state index is 12.9. The highest BCUT2D eigenvalue weighted by atomic mass is 19.4. The first kappa shape index (κ1) is 17.7. The predicted octanol–water partition coefficient (Wildman–Crippen LogP) is 4.21. The Hall–Kier alpha value is -2.67. The molecule has 4 nitrogen and oxygen atoms in total. The van der Waals surface area contributed by atoms with Crippen LogP contribution in [0.2, 0.25) is 0 Å². The van der Waals surface area contributed by atoms with Crippen molar-refractivity contribution in [1.29, 1.82) is 0 Å². The summed E-state index contributed by atoms with van der Waals surface area (Å²) in [5.41, 5.74) is 2.04. The van der Waals surface area contributed by atoms with Gasteiger partial charge in [-0.1, -0.05) is 6.07 Å². The lowest BCUT2D eigenvalue weighted by molar-refractivity contribution is -0.137. The van der Waals surface area contributed by atoms with Gasteiger partial charge in [-0.3, -0.25) is 4.90 Å². The minimum absolute atomic E-state index is 0.239. The van der Waals surface area contributed by atoms with Crippen molar-refractivity contribution >= 4 is 16.6 Å². The van der Waals surface area contributed by atoms with E-state index in [2.05, 4.69) is 9.88 Å². The van der Waals surface area contributed by atoms with Crippen molar-refractivity contribution < 1.29 is 18.3 Å². The van der Waals surface area contributed by atoms with E-state index in [4.69, 9.17) is 0 Å². The molecule has 0 aliphatic carbocycles. The fourth-order valence-electron chi connectivity index (χ4n) is 3.55. The van der Waals surface area contributed by atoms with E-state index in [-0.39, 0.29) is 5.75 Å². The third kappa shape index (κ3) is 3.88. The second-order valence-corrected chi connectivity index (χ2v) is 6.88. The highest BCUT2D eigenvalue weighted by Crippen LogP contribution is 2.32. The number of hydrogen-bond donors (Lipinski definition) is 2. The summed E-state index contributed by atoms with van der Waals surface area (Å²) in [7, 11) is 0. The van der Waals surface area contributed by atoms with Crippen LogP contribution in [-0.2, 0) is 12.7 Å². The number of anilines is 1. The van der Waals surface area contributed by atoms with E-state index < -0.39 is 11.7 Å². The van der Waals surface area contributed by atoms with Crippen LogP contribution >= 0.6 is 0 Å². The van der Waals surface area contributed by atoms with Crippen molar-refractivity contribution in [1.82, 2.24) is 9.88 Å². The summed E-state index contributed by atoms with van der Waals surface area (Å²) in [5.74, 6) is 0.239. The Morgan fingerprint density at radius 2 is 1.74 bits per heavy atom. The summed E-state index contributed by atoms with van der Waals surface area (Å²) in [5, 5.41) is 10.5. The zero-order valence-electron chi connectivity index (χ0n) is 14.6. The summed E-state index contributed by atoms with van der Waals surface area (Å²) >= 11 is 0. The van der Waals surface area contributed by atoms with Gasteiger partial charge in [-0.15, -0.1) is 0 Å². The summed E-state index contributed by atoms with van der Waals surface area (Å²) in [6, 6.07) is 12.8. The molecule has 0 saturated carbocycles. The van der Waals surface area contributed by atoms with Gasteiger partial charge < -0.3 is 15.0 Å². The second-order valence-electron chi connectivity index (χ2n) is 6.88. The molecule has 0 amide bonds. The molecule has 1 aromatic heterocycles. The number of aromatic amines is 1. The number of hydrogen-bond acceptors (Lipinski definition) is 3. The number of phenols is 1. The molecular formula is C20H20F3N3O. The maximum absolute atomic E-state index is 12.9. The molecule has 7 heteroatoms. The lowest BCUT2D eigenvalue weighted by Gasteiger charge is -2.36. The third-order valence-electron chi connectivity index (χ3n) is 4.96. The number of alkyl halides is 3. The molecule has 4 rings (SSSR count). The van der Waals surface area contributed by atoms with Gasteiger partial charge in [-0.05, 0) is 42.5 Å². The fraction of sp³-hybridized carbons (Fsp3) is 0.300. The first-order valence-electron chi connectivity index (χ1n) is 8.84. The number of aromatic nitrogens is 1. The number of nitrogens with zero attached hydrogens (tertiary/aromatic N) is 2. The number of fused-ring (bicyclic) bond motifs is 1.